The minimum absolute atomic E-state index is 0.325. The molecule has 1 saturated carbocycles. The van der Waals surface area contributed by atoms with Crippen LogP contribution in [-0.2, 0) is 0 Å². The van der Waals surface area contributed by atoms with Crippen LogP contribution in [0, 0.1) is 5.92 Å². The number of nitrogens with one attached hydrogen (secondary N) is 1. The van der Waals surface area contributed by atoms with E-state index in [1.807, 2.05) is 0 Å². The zero-order valence-corrected chi connectivity index (χ0v) is 15.0. The van der Waals surface area contributed by atoms with E-state index in [0.29, 0.717) is 5.54 Å². The van der Waals surface area contributed by atoms with Crippen LogP contribution in [0.3, 0.4) is 0 Å². The standard InChI is InChI=1S/C18H37N3/c1-6-15-8-9-16(19-7-2)17(14-15)20-10-12-21(13-11-20)18(3,4)5/h15-17,19H,6-14H2,1-5H3. The molecule has 0 bridgehead atoms. The van der Waals surface area contributed by atoms with Gasteiger partial charge in [-0.15, -0.1) is 0 Å². The Morgan fingerprint density at radius 1 is 1.00 bits per heavy atom. The second-order valence-corrected chi connectivity index (χ2v) is 8.01. The lowest BCUT2D eigenvalue weighted by Crippen LogP contribution is -2.60. The number of rotatable bonds is 4. The molecular weight excluding hydrogens is 258 g/mol. The van der Waals surface area contributed by atoms with Crippen molar-refractivity contribution in [2.24, 2.45) is 5.92 Å². The predicted octanol–water partition coefficient (Wildman–Crippen LogP) is 2.96. The predicted molar refractivity (Wildman–Crippen MR) is 91.8 cm³/mol. The van der Waals surface area contributed by atoms with E-state index in [0.717, 1.165) is 24.5 Å². The van der Waals surface area contributed by atoms with Crippen LogP contribution < -0.4 is 5.32 Å². The van der Waals surface area contributed by atoms with E-state index >= 15 is 0 Å². The van der Waals surface area contributed by atoms with Crippen LogP contribution in [0.25, 0.3) is 0 Å². The van der Waals surface area contributed by atoms with Crippen molar-refractivity contribution in [1.29, 1.82) is 0 Å². The Hall–Kier alpha value is -0.120. The Bertz CT molecular complexity index is 302. The van der Waals surface area contributed by atoms with Gasteiger partial charge in [-0.25, -0.2) is 0 Å². The highest BCUT2D eigenvalue weighted by atomic mass is 15.3. The normalized spacial score (nSPS) is 33.3. The van der Waals surface area contributed by atoms with Crippen molar-refractivity contribution in [3.8, 4) is 0 Å². The molecule has 3 atom stereocenters. The van der Waals surface area contributed by atoms with Gasteiger partial charge in [-0.1, -0.05) is 20.3 Å². The van der Waals surface area contributed by atoms with E-state index in [9.17, 15) is 0 Å². The monoisotopic (exact) mass is 295 g/mol. The Kier molecular flexibility index (Phi) is 6.10. The summed E-state index contributed by atoms with van der Waals surface area (Å²) in [6.07, 6.45) is 5.56. The van der Waals surface area contributed by atoms with Crippen molar-refractivity contribution < 1.29 is 0 Å². The van der Waals surface area contributed by atoms with Crippen LogP contribution in [0.2, 0.25) is 0 Å². The summed E-state index contributed by atoms with van der Waals surface area (Å²) in [6, 6.07) is 1.49. The number of likely N-dealkylation sites (N-methyl/N-ethyl adjacent to an activating group) is 1. The summed E-state index contributed by atoms with van der Waals surface area (Å²) in [4.78, 5) is 5.43. The quantitative estimate of drug-likeness (QED) is 0.860. The number of hydrogen-bond acceptors (Lipinski definition) is 3. The third kappa shape index (κ3) is 4.43. The molecule has 0 aromatic heterocycles. The van der Waals surface area contributed by atoms with E-state index in [1.165, 1.54) is 51.9 Å². The molecule has 2 rings (SSSR count). The Labute approximate surface area is 132 Å². The third-order valence-corrected chi connectivity index (χ3v) is 5.70. The molecule has 1 aliphatic carbocycles. The molecule has 0 spiro atoms. The zero-order valence-electron chi connectivity index (χ0n) is 15.0. The van der Waals surface area contributed by atoms with Gasteiger partial charge in [-0.3, -0.25) is 9.80 Å². The molecule has 1 aliphatic heterocycles. The Morgan fingerprint density at radius 2 is 1.67 bits per heavy atom. The molecule has 3 unspecified atom stereocenters. The molecule has 0 radical (unpaired) electrons. The molecule has 0 aromatic carbocycles. The molecular formula is C18H37N3. The molecule has 0 aromatic rings. The van der Waals surface area contributed by atoms with Crippen LogP contribution in [0.5, 0.6) is 0 Å². The van der Waals surface area contributed by atoms with Gasteiger partial charge >= 0.3 is 0 Å². The first-order valence-electron chi connectivity index (χ1n) is 9.18. The minimum atomic E-state index is 0.325. The largest absolute Gasteiger partial charge is 0.313 e. The minimum Gasteiger partial charge on any atom is -0.313 e. The van der Waals surface area contributed by atoms with Gasteiger partial charge < -0.3 is 5.32 Å². The number of nitrogens with zero attached hydrogens (tertiary/aromatic N) is 2. The third-order valence-electron chi connectivity index (χ3n) is 5.70. The molecule has 2 fully saturated rings. The van der Waals surface area contributed by atoms with Crippen molar-refractivity contribution in [2.45, 2.75) is 77.9 Å². The summed E-state index contributed by atoms with van der Waals surface area (Å²) in [5, 5.41) is 3.76. The molecule has 124 valence electrons. The van der Waals surface area contributed by atoms with Gasteiger partial charge in [0.2, 0.25) is 0 Å². The van der Waals surface area contributed by atoms with Gasteiger partial charge in [0, 0.05) is 43.8 Å². The lowest BCUT2D eigenvalue weighted by Gasteiger charge is -2.48. The lowest BCUT2D eigenvalue weighted by atomic mass is 9.80. The molecule has 3 heteroatoms. The second kappa shape index (κ2) is 7.43. The van der Waals surface area contributed by atoms with Crippen molar-refractivity contribution in [2.75, 3.05) is 32.7 Å². The van der Waals surface area contributed by atoms with Crippen LogP contribution in [0.15, 0.2) is 0 Å². The van der Waals surface area contributed by atoms with Gasteiger partial charge in [-0.05, 0) is 52.5 Å². The summed E-state index contributed by atoms with van der Waals surface area (Å²) >= 11 is 0. The van der Waals surface area contributed by atoms with Gasteiger partial charge in [0.05, 0.1) is 0 Å². The molecule has 1 saturated heterocycles. The molecule has 1 N–H and O–H groups in total. The molecule has 1 heterocycles. The van der Waals surface area contributed by atoms with E-state index in [4.69, 9.17) is 0 Å². The van der Waals surface area contributed by atoms with Crippen LogP contribution >= 0.6 is 0 Å². The van der Waals surface area contributed by atoms with Crippen LogP contribution in [-0.4, -0.2) is 60.1 Å². The fourth-order valence-electron chi connectivity index (χ4n) is 4.23. The Balaban J connectivity index is 1.94. The van der Waals surface area contributed by atoms with E-state index in [1.54, 1.807) is 0 Å². The lowest BCUT2D eigenvalue weighted by molar-refractivity contribution is 0.0154. The van der Waals surface area contributed by atoms with E-state index in [2.05, 4.69) is 49.7 Å². The van der Waals surface area contributed by atoms with Gasteiger partial charge in [-0.2, -0.15) is 0 Å². The molecule has 21 heavy (non-hydrogen) atoms. The smallest absolute Gasteiger partial charge is 0.0253 e. The summed E-state index contributed by atoms with van der Waals surface area (Å²) < 4.78 is 0. The first-order valence-corrected chi connectivity index (χ1v) is 9.18. The number of piperazine rings is 1. The van der Waals surface area contributed by atoms with Gasteiger partial charge in [0.1, 0.15) is 0 Å². The maximum absolute atomic E-state index is 3.76. The van der Waals surface area contributed by atoms with E-state index < -0.39 is 0 Å². The summed E-state index contributed by atoms with van der Waals surface area (Å²) in [6.45, 7) is 17.7. The second-order valence-electron chi connectivity index (χ2n) is 8.01. The summed E-state index contributed by atoms with van der Waals surface area (Å²) in [5.41, 5.74) is 0.325. The first-order chi connectivity index (χ1) is 9.95. The van der Waals surface area contributed by atoms with Crippen molar-refractivity contribution in [1.82, 2.24) is 15.1 Å². The SMILES string of the molecule is CCNC1CCC(CC)CC1N1CCN(C(C)(C)C)CC1. The Morgan fingerprint density at radius 3 is 2.19 bits per heavy atom. The van der Waals surface area contributed by atoms with Crippen LogP contribution in [0.1, 0.15) is 60.3 Å². The highest BCUT2D eigenvalue weighted by Gasteiger charge is 2.36. The van der Waals surface area contributed by atoms with Crippen molar-refractivity contribution in [3.05, 3.63) is 0 Å². The summed E-state index contributed by atoms with van der Waals surface area (Å²) in [5.74, 6) is 0.950. The van der Waals surface area contributed by atoms with E-state index in [-0.39, 0.29) is 0 Å². The van der Waals surface area contributed by atoms with Gasteiger partial charge in [0.25, 0.3) is 0 Å². The van der Waals surface area contributed by atoms with Crippen molar-refractivity contribution in [3.63, 3.8) is 0 Å². The maximum Gasteiger partial charge on any atom is 0.0253 e. The first kappa shape index (κ1) is 17.2. The highest BCUT2D eigenvalue weighted by molar-refractivity contribution is 4.93. The highest BCUT2D eigenvalue weighted by Crippen LogP contribution is 2.31. The molecule has 2 aliphatic rings. The fourth-order valence-corrected chi connectivity index (χ4v) is 4.23. The summed E-state index contributed by atoms with van der Waals surface area (Å²) in [7, 11) is 0. The topological polar surface area (TPSA) is 18.5 Å². The average Bonchev–Trinajstić information content (AvgIpc) is 2.47. The average molecular weight is 296 g/mol. The number of hydrogen-bond donors (Lipinski definition) is 1. The fraction of sp³-hybridized carbons (Fsp3) is 1.00. The zero-order chi connectivity index (χ0) is 15.5. The van der Waals surface area contributed by atoms with Crippen molar-refractivity contribution >= 4 is 0 Å². The maximum atomic E-state index is 3.76. The molecule has 0 amide bonds. The van der Waals surface area contributed by atoms with Gasteiger partial charge in [0.15, 0.2) is 0 Å². The molecule has 3 nitrogen and oxygen atoms in total. The van der Waals surface area contributed by atoms with Crippen LogP contribution in [0.4, 0.5) is 0 Å².